The number of hydrogen-bond donors (Lipinski definition) is 0. The van der Waals surface area contributed by atoms with Gasteiger partial charge < -0.3 is 4.74 Å². The van der Waals surface area contributed by atoms with Crippen molar-refractivity contribution < 1.29 is 4.74 Å². The van der Waals surface area contributed by atoms with Crippen LogP contribution in [-0.4, -0.2) is 7.11 Å². The lowest BCUT2D eigenvalue weighted by molar-refractivity contribution is 0.366. The summed E-state index contributed by atoms with van der Waals surface area (Å²) in [7, 11) is 1.69. The van der Waals surface area contributed by atoms with Crippen molar-refractivity contribution >= 4 is 0 Å². The highest BCUT2D eigenvalue weighted by Gasteiger charge is 2.15. The van der Waals surface area contributed by atoms with Gasteiger partial charge in [0, 0.05) is 0 Å². The molecule has 0 aromatic heterocycles. The topological polar surface area (TPSA) is 9.23 Å². The summed E-state index contributed by atoms with van der Waals surface area (Å²) in [4.78, 5) is 0. The second-order valence-corrected chi connectivity index (χ2v) is 4.44. The molecule has 0 unspecified atom stereocenters. The third-order valence-corrected chi connectivity index (χ3v) is 2.52. The Morgan fingerprint density at radius 1 is 1.21 bits per heavy atom. The van der Waals surface area contributed by atoms with Gasteiger partial charge in [0.1, 0.15) is 5.75 Å². The summed E-state index contributed by atoms with van der Waals surface area (Å²) in [5, 5.41) is 0. The van der Waals surface area contributed by atoms with Gasteiger partial charge in [0.2, 0.25) is 0 Å². The van der Waals surface area contributed by atoms with Crippen LogP contribution in [0, 0.1) is 12.3 Å². The second-order valence-electron chi connectivity index (χ2n) is 4.44. The molecule has 0 aliphatic heterocycles. The van der Waals surface area contributed by atoms with E-state index in [0.717, 1.165) is 18.6 Å². The fourth-order valence-electron chi connectivity index (χ4n) is 1.38. The van der Waals surface area contributed by atoms with Crippen molar-refractivity contribution in [2.75, 3.05) is 7.11 Å². The molecule has 0 spiro atoms. The van der Waals surface area contributed by atoms with E-state index in [9.17, 15) is 0 Å². The van der Waals surface area contributed by atoms with Gasteiger partial charge in [-0.15, -0.1) is 0 Å². The minimum atomic E-state index is 0.286. The molecule has 0 N–H and O–H groups in total. The van der Waals surface area contributed by atoms with Crippen LogP contribution in [0.25, 0.3) is 0 Å². The summed E-state index contributed by atoms with van der Waals surface area (Å²) in [6.07, 6.45) is 2.03. The minimum absolute atomic E-state index is 0.286. The molecule has 0 fully saturated rings. The zero-order valence-electron chi connectivity index (χ0n) is 9.34. The fourth-order valence-corrected chi connectivity index (χ4v) is 1.38. The molecular weight excluding hydrogens is 172 g/mol. The van der Waals surface area contributed by atoms with Gasteiger partial charge in [-0.05, 0) is 36.0 Å². The van der Waals surface area contributed by atoms with Gasteiger partial charge in [-0.25, -0.2) is 0 Å². The molecule has 0 aliphatic rings. The summed E-state index contributed by atoms with van der Waals surface area (Å²) in [5.74, 6) is 0.918. The molecule has 14 heavy (non-hydrogen) atoms. The van der Waals surface area contributed by atoms with Gasteiger partial charge in [0.25, 0.3) is 0 Å². The van der Waals surface area contributed by atoms with Gasteiger partial charge >= 0.3 is 0 Å². The van der Waals surface area contributed by atoms with Crippen molar-refractivity contribution in [2.24, 2.45) is 5.41 Å². The van der Waals surface area contributed by atoms with E-state index in [1.165, 1.54) is 5.56 Å². The lowest BCUT2D eigenvalue weighted by atomic mass is 9.83. The molecule has 0 saturated heterocycles. The van der Waals surface area contributed by atoms with Gasteiger partial charge in [-0.2, -0.15) is 0 Å². The first-order valence-corrected chi connectivity index (χ1v) is 4.99. The highest BCUT2D eigenvalue weighted by Crippen LogP contribution is 2.25. The molecule has 1 heteroatoms. The van der Waals surface area contributed by atoms with Crippen LogP contribution in [0.3, 0.4) is 0 Å². The molecule has 1 nitrogen and oxygen atoms in total. The standard InChI is InChI=1S/C13H19O/c1-5-13(2,3)10-11-6-8-12(14-4)9-7-11/h6-9H,1,5,10H2,2-4H3. The Labute approximate surface area is 87.1 Å². The van der Waals surface area contributed by atoms with Crippen LogP contribution in [0.5, 0.6) is 5.75 Å². The van der Waals surface area contributed by atoms with Crippen molar-refractivity contribution in [1.82, 2.24) is 0 Å². The zero-order chi connectivity index (χ0) is 10.6. The molecule has 77 valence electrons. The van der Waals surface area contributed by atoms with Crippen molar-refractivity contribution in [3.63, 3.8) is 0 Å². The quantitative estimate of drug-likeness (QED) is 0.708. The number of ether oxygens (including phenoxy) is 1. The molecule has 1 radical (unpaired) electrons. The van der Waals surface area contributed by atoms with Gasteiger partial charge in [-0.1, -0.05) is 32.9 Å². The molecule has 1 aromatic carbocycles. The lowest BCUT2D eigenvalue weighted by Crippen LogP contribution is -2.13. The summed E-state index contributed by atoms with van der Waals surface area (Å²) in [5.41, 5.74) is 1.63. The summed E-state index contributed by atoms with van der Waals surface area (Å²) < 4.78 is 5.11. The van der Waals surface area contributed by atoms with E-state index < -0.39 is 0 Å². The van der Waals surface area contributed by atoms with E-state index in [1.54, 1.807) is 7.11 Å². The third kappa shape index (κ3) is 3.06. The second kappa shape index (κ2) is 4.50. The van der Waals surface area contributed by atoms with E-state index in [2.05, 4.69) is 32.9 Å². The normalized spacial score (nSPS) is 11.4. The first-order chi connectivity index (χ1) is 6.57. The van der Waals surface area contributed by atoms with Crippen molar-refractivity contribution in [3.8, 4) is 5.75 Å². The molecule has 0 bridgehead atoms. The third-order valence-electron chi connectivity index (χ3n) is 2.52. The summed E-state index contributed by atoms with van der Waals surface area (Å²) in [6.45, 7) is 8.44. The Balaban J connectivity index is 2.69. The predicted molar refractivity (Wildman–Crippen MR) is 60.5 cm³/mol. The summed E-state index contributed by atoms with van der Waals surface area (Å²) in [6, 6.07) is 8.26. The first-order valence-electron chi connectivity index (χ1n) is 4.99. The first kappa shape index (κ1) is 11.1. The fraction of sp³-hybridized carbons (Fsp3) is 0.462. The van der Waals surface area contributed by atoms with Crippen molar-refractivity contribution in [1.29, 1.82) is 0 Å². The smallest absolute Gasteiger partial charge is 0.118 e. The Hall–Kier alpha value is -0.980. The van der Waals surface area contributed by atoms with E-state index in [1.807, 2.05) is 12.1 Å². The van der Waals surface area contributed by atoms with Crippen LogP contribution in [0.4, 0.5) is 0 Å². The molecule has 1 aromatic rings. The molecule has 0 heterocycles. The maximum Gasteiger partial charge on any atom is 0.118 e. The zero-order valence-corrected chi connectivity index (χ0v) is 9.34. The number of rotatable bonds is 4. The molecule has 0 atom stereocenters. The summed E-state index contributed by atoms with van der Waals surface area (Å²) >= 11 is 0. The SMILES string of the molecule is [CH2]CC(C)(C)Cc1ccc(OC)cc1. The van der Waals surface area contributed by atoms with Gasteiger partial charge in [0.15, 0.2) is 0 Å². The minimum Gasteiger partial charge on any atom is -0.497 e. The number of hydrogen-bond acceptors (Lipinski definition) is 1. The number of methoxy groups -OCH3 is 1. The average molecular weight is 191 g/mol. The largest absolute Gasteiger partial charge is 0.497 e. The van der Waals surface area contributed by atoms with Crippen LogP contribution >= 0.6 is 0 Å². The van der Waals surface area contributed by atoms with E-state index in [-0.39, 0.29) is 5.41 Å². The average Bonchev–Trinajstić information content (AvgIpc) is 2.19. The van der Waals surface area contributed by atoms with Gasteiger partial charge in [0.05, 0.1) is 7.11 Å². The maximum atomic E-state index is 5.11. The molecule has 0 saturated carbocycles. The molecule has 0 aliphatic carbocycles. The van der Waals surface area contributed by atoms with E-state index in [0.29, 0.717) is 0 Å². The monoisotopic (exact) mass is 191 g/mol. The molecular formula is C13H19O. The van der Waals surface area contributed by atoms with Crippen LogP contribution in [0.1, 0.15) is 25.8 Å². The Morgan fingerprint density at radius 2 is 1.79 bits per heavy atom. The van der Waals surface area contributed by atoms with Crippen LogP contribution in [-0.2, 0) is 6.42 Å². The van der Waals surface area contributed by atoms with E-state index >= 15 is 0 Å². The molecule has 1 rings (SSSR count). The Morgan fingerprint density at radius 3 is 2.21 bits per heavy atom. The van der Waals surface area contributed by atoms with Crippen LogP contribution in [0.15, 0.2) is 24.3 Å². The van der Waals surface area contributed by atoms with Crippen molar-refractivity contribution in [2.45, 2.75) is 26.7 Å². The van der Waals surface area contributed by atoms with Crippen LogP contribution < -0.4 is 4.74 Å². The van der Waals surface area contributed by atoms with Gasteiger partial charge in [-0.3, -0.25) is 0 Å². The number of benzene rings is 1. The lowest BCUT2D eigenvalue weighted by Gasteiger charge is -2.22. The Kier molecular flexibility index (Phi) is 3.56. The van der Waals surface area contributed by atoms with E-state index in [4.69, 9.17) is 4.74 Å². The van der Waals surface area contributed by atoms with Crippen molar-refractivity contribution in [3.05, 3.63) is 36.8 Å². The highest BCUT2D eigenvalue weighted by molar-refractivity contribution is 5.27. The molecule has 0 amide bonds. The highest BCUT2D eigenvalue weighted by atomic mass is 16.5. The van der Waals surface area contributed by atoms with Crippen LogP contribution in [0.2, 0.25) is 0 Å². The Bertz CT molecular complexity index is 272. The predicted octanol–water partition coefficient (Wildman–Crippen LogP) is 3.49. The maximum absolute atomic E-state index is 5.11.